The van der Waals surface area contributed by atoms with E-state index in [0.717, 1.165) is 25.1 Å². The van der Waals surface area contributed by atoms with Gasteiger partial charge in [0.1, 0.15) is 12.2 Å². The minimum atomic E-state index is 0.168. The van der Waals surface area contributed by atoms with Gasteiger partial charge >= 0.3 is 0 Å². The Bertz CT molecular complexity index is 246. The van der Waals surface area contributed by atoms with Gasteiger partial charge in [0.15, 0.2) is 0 Å². The van der Waals surface area contributed by atoms with Crippen LogP contribution >= 0.6 is 0 Å². The van der Waals surface area contributed by atoms with Crippen LogP contribution in [0.25, 0.3) is 0 Å². The molecule has 1 unspecified atom stereocenters. The van der Waals surface area contributed by atoms with E-state index in [9.17, 15) is 0 Å². The summed E-state index contributed by atoms with van der Waals surface area (Å²) in [6.45, 7) is 0.177. The lowest BCUT2D eigenvalue weighted by atomic mass is 10.1. The Labute approximate surface area is 64.9 Å². The van der Waals surface area contributed by atoms with Crippen LogP contribution in [0.4, 0.5) is 0 Å². The first-order valence-corrected chi connectivity index (χ1v) is 3.91. The lowest BCUT2D eigenvalue weighted by Gasteiger charge is -2.20. The zero-order valence-corrected chi connectivity index (χ0v) is 6.27. The van der Waals surface area contributed by atoms with Crippen molar-refractivity contribution in [2.45, 2.75) is 25.3 Å². The Balaban J connectivity index is 2.32. The SMILES string of the molecule is OCC1CCCc2ncnn21. The predicted molar refractivity (Wildman–Crippen MR) is 39.1 cm³/mol. The fraction of sp³-hybridized carbons (Fsp3) is 0.714. The van der Waals surface area contributed by atoms with E-state index in [1.54, 1.807) is 6.33 Å². The van der Waals surface area contributed by atoms with E-state index in [-0.39, 0.29) is 12.6 Å². The maximum absolute atomic E-state index is 8.97. The normalized spacial score (nSPS) is 23.2. The molecule has 60 valence electrons. The van der Waals surface area contributed by atoms with Crippen LogP contribution in [0, 0.1) is 0 Å². The molecule has 0 saturated heterocycles. The van der Waals surface area contributed by atoms with E-state index < -0.39 is 0 Å². The number of fused-ring (bicyclic) bond motifs is 1. The van der Waals surface area contributed by atoms with Crippen molar-refractivity contribution in [3.05, 3.63) is 12.2 Å². The summed E-state index contributed by atoms with van der Waals surface area (Å²) < 4.78 is 1.84. The number of aryl methyl sites for hydroxylation is 1. The van der Waals surface area contributed by atoms with Crippen molar-refractivity contribution in [3.63, 3.8) is 0 Å². The van der Waals surface area contributed by atoms with Crippen LogP contribution in [0.3, 0.4) is 0 Å². The molecule has 0 aliphatic carbocycles. The summed E-state index contributed by atoms with van der Waals surface area (Å²) in [5.41, 5.74) is 0. The van der Waals surface area contributed by atoms with Gasteiger partial charge in [0.25, 0.3) is 0 Å². The van der Waals surface area contributed by atoms with Gasteiger partial charge in [-0.05, 0) is 12.8 Å². The molecule has 1 atom stereocenters. The summed E-state index contributed by atoms with van der Waals surface area (Å²) in [5, 5.41) is 13.0. The van der Waals surface area contributed by atoms with Crippen LogP contribution < -0.4 is 0 Å². The molecule has 1 N–H and O–H groups in total. The van der Waals surface area contributed by atoms with Crippen molar-refractivity contribution in [1.82, 2.24) is 14.8 Å². The zero-order chi connectivity index (χ0) is 7.68. The highest BCUT2D eigenvalue weighted by Crippen LogP contribution is 2.20. The highest BCUT2D eigenvalue weighted by atomic mass is 16.3. The molecule has 4 nitrogen and oxygen atoms in total. The summed E-state index contributed by atoms with van der Waals surface area (Å²) in [7, 11) is 0. The first-order valence-electron chi connectivity index (χ1n) is 3.91. The summed E-state index contributed by atoms with van der Waals surface area (Å²) >= 11 is 0. The van der Waals surface area contributed by atoms with E-state index in [2.05, 4.69) is 10.1 Å². The maximum atomic E-state index is 8.97. The van der Waals surface area contributed by atoms with Gasteiger partial charge in [-0.3, -0.25) is 0 Å². The first kappa shape index (κ1) is 6.79. The third-order valence-corrected chi connectivity index (χ3v) is 2.14. The molecule has 0 saturated carbocycles. The molecular formula is C7H11N3O. The molecule has 1 aliphatic heterocycles. The second-order valence-electron chi connectivity index (χ2n) is 2.85. The molecule has 1 aromatic rings. The standard InChI is InChI=1S/C7H11N3O/c11-4-6-2-1-3-7-8-5-9-10(6)7/h5-6,11H,1-4H2. The number of rotatable bonds is 1. The predicted octanol–water partition coefficient (Wildman–Crippen LogP) is 0.148. The van der Waals surface area contributed by atoms with E-state index in [4.69, 9.17) is 5.11 Å². The summed E-state index contributed by atoms with van der Waals surface area (Å²) in [4.78, 5) is 4.10. The number of nitrogens with zero attached hydrogens (tertiary/aromatic N) is 3. The first-order chi connectivity index (χ1) is 5.42. The molecule has 0 radical (unpaired) electrons. The van der Waals surface area contributed by atoms with Crippen LogP contribution in [0.1, 0.15) is 24.7 Å². The lowest BCUT2D eigenvalue weighted by molar-refractivity contribution is 0.195. The Morgan fingerprint density at radius 3 is 3.45 bits per heavy atom. The van der Waals surface area contributed by atoms with Crippen molar-refractivity contribution in [1.29, 1.82) is 0 Å². The minimum Gasteiger partial charge on any atom is -0.394 e. The largest absolute Gasteiger partial charge is 0.394 e. The van der Waals surface area contributed by atoms with Crippen molar-refractivity contribution in [3.8, 4) is 0 Å². The molecule has 4 heteroatoms. The van der Waals surface area contributed by atoms with Gasteiger partial charge in [0.05, 0.1) is 12.6 Å². The molecule has 2 heterocycles. The van der Waals surface area contributed by atoms with Gasteiger partial charge in [0, 0.05) is 6.42 Å². The van der Waals surface area contributed by atoms with Crippen LogP contribution in [0.5, 0.6) is 0 Å². The van der Waals surface area contributed by atoms with Gasteiger partial charge in [-0.2, -0.15) is 5.10 Å². The Kier molecular flexibility index (Phi) is 1.62. The quantitative estimate of drug-likeness (QED) is 0.624. The van der Waals surface area contributed by atoms with Gasteiger partial charge < -0.3 is 5.11 Å². The van der Waals surface area contributed by atoms with Crippen molar-refractivity contribution < 1.29 is 5.11 Å². The van der Waals surface area contributed by atoms with E-state index in [0.29, 0.717) is 0 Å². The van der Waals surface area contributed by atoms with E-state index in [1.165, 1.54) is 0 Å². The summed E-state index contributed by atoms with van der Waals surface area (Å²) in [6.07, 6.45) is 4.69. The van der Waals surface area contributed by atoms with Gasteiger partial charge in [0.2, 0.25) is 0 Å². The molecule has 11 heavy (non-hydrogen) atoms. The average Bonchev–Trinajstić information content (AvgIpc) is 2.50. The molecule has 1 aromatic heterocycles. The second-order valence-corrected chi connectivity index (χ2v) is 2.85. The highest BCUT2D eigenvalue weighted by Gasteiger charge is 2.19. The number of hydrogen-bond donors (Lipinski definition) is 1. The van der Waals surface area contributed by atoms with Crippen molar-refractivity contribution in [2.75, 3.05) is 6.61 Å². The van der Waals surface area contributed by atoms with Crippen molar-refractivity contribution >= 4 is 0 Å². The Morgan fingerprint density at radius 2 is 2.64 bits per heavy atom. The van der Waals surface area contributed by atoms with E-state index >= 15 is 0 Å². The third-order valence-electron chi connectivity index (χ3n) is 2.14. The minimum absolute atomic E-state index is 0.168. The van der Waals surface area contributed by atoms with Crippen LogP contribution in [0.15, 0.2) is 6.33 Å². The Hall–Kier alpha value is -0.900. The summed E-state index contributed by atoms with van der Waals surface area (Å²) in [5.74, 6) is 1.01. The number of aliphatic hydroxyl groups is 1. The maximum Gasteiger partial charge on any atom is 0.138 e. The van der Waals surface area contributed by atoms with Crippen LogP contribution in [0.2, 0.25) is 0 Å². The smallest absolute Gasteiger partial charge is 0.138 e. The second kappa shape index (κ2) is 2.62. The molecule has 1 aliphatic rings. The topological polar surface area (TPSA) is 50.9 Å². The summed E-state index contributed by atoms with van der Waals surface area (Å²) in [6, 6.07) is 0.168. The van der Waals surface area contributed by atoms with Gasteiger partial charge in [-0.1, -0.05) is 0 Å². The number of aromatic nitrogens is 3. The number of aliphatic hydroxyl groups excluding tert-OH is 1. The highest BCUT2D eigenvalue weighted by molar-refractivity contribution is 4.91. The Morgan fingerprint density at radius 1 is 1.73 bits per heavy atom. The fourth-order valence-corrected chi connectivity index (χ4v) is 1.54. The number of hydrogen-bond acceptors (Lipinski definition) is 3. The molecule has 0 spiro atoms. The van der Waals surface area contributed by atoms with Gasteiger partial charge in [-0.15, -0.1) is 0 Å². The van der Waals surface area contributed by atoms with Gasteiger partial charge in [-0.25, -0.2) is 9.67 Å². The lowest BCUT2D eigenvalue weighted by Crippen LogP contribution is -2.21. The third kappa shape index (κ3) is 1.03. The molecule has 2 rings (SSSR count). The molecule has 0 fully saturated rings. The molecule has 0 aromatic carbocycles. The van der Waals surface area contributed by atoms with Crippen molar-refractivity contribution in [2.24, 2.45) is 0 Å². The molecule has 0 amide bonds. The average molecular weight is 153 g/mol. The fourth-order valence-electron chi connectivity index (χ4n) is 1.54. The molecule has 0 bridgehead atoms. The van der Waals surface area contributed by atoms with E-state index in [1.807, 2.05) is 4.68 Å². The molecular weight excluding hydrogens is 142 g/mol. The monoisotopic (exact) mass is 153 g/mol. The zero-order valence-electron chi connectivity index (χ0n) is 6.27. The van der Waals surface area contributed by atoms with Crippen LogP contribution in [-0.2, 0) is 6.42 Å². The van der Waals surface area contributed by atoms with Crippen LogP contribution in [-0.4, -0.2) is 26.5 Å².